The van der Waals surface area contributed by atoms with E-state index in [0.717, 1.165) is 19.0 Å². The predicted molar refractivity (Wildman–Crippen MR) is 62.3 cm³/mol. The molecule has 0 radical (unpaired) electrons. The Kier molecular flexibility index (Phi) is 4.39. The van der Waals surface area contributed by atoms with E-state index in [2.05, 4.69) is 25.8 Å². The van der Waals surface area contributed by atoms with Gasteiger partial charge < -0.3 is 5.73 Å². The van der Waals surface area contributed by atoms with Gasteiger partial charge in [-0.15, -0.1) is 0 Å². The molecule has 0 aromatic rings. The Morgan fingerprint density at radius 1 is 1.29 bits per heavy atom. The number of nitrogens with zero attached hydrogens (tertiary/aromatic N) is 1. The molecule has 84 valence electrons. The van der Waals surface area contributed by atoms with Crippen LogP contribution in [0.5, 0.6) is 0 Å². The van der Waals surface area contributed by atoms with Crippen LogP contribution >= 0.6 is 0 Å². The molecule has 1 fully saturated rings. The molecule has 2 N–H and O–H groups in total. The molecule has 0 aliphatic heterocycles. The molecule has 1 aliphatic carbocycles. The molecule has 1 aliphatic rings. The molecular formula is C12H26N2. The first-order valence-corrected chi connectivity index (χ1v) is 6.09. The topological polar surface area (TPSA) is 29.3 Å². The Labute approximate surface area is 88.8 Å². The average molecular weight is 198 g/mol. The smallest absolute Gasteiger partial charge is 0.0328 e. The van der Waals surface area contributed by atoms with Crippen LogP contribution in [-0.2, 0) is 0 Å². The quantitative estimate of drug-likeness (QED) is 0.750. The number of likely N-dealkylation sites (N-methyl/N-ethyl adjacent to an activating group) is 1. The zero-order chi connectivity index (χ0) is 10.6. The fraction of sp³-hybridized carbons (Fsp3) is 1.00. The first-order valence-electron chi connectivity index (χ1n) is 6.09. The van der Waals surface area contributed by atoms with Gasteiger partial charge in [-0.2, -0.15) is 0 Å². The molecule has 0 saturated heterocycles. The molecule has 0 bridgehead atoms. The van der Waals surface area contributed by atoms with Crippen LogP contribution in [0, 0.1) is 5.92 Å². The van der Waals surface area contributed by atoms with E-state index in [9.17, 15) is 0 Å². The van der Waals surface area contributed by atoms with E-state index >= 15 is 0 Å². The minimum Gasteiger partial charge on any atom is -0.329 e. The molecule has 1 saturated carbocycles. The lowest BCUT2D eigenvalue weighted by atomic mass is 9.75. The van der Waals surface area contributed by atoms with Gasteiger partial charge in [-0.3, -0.25) is 4.90 Å². The van der Waals surface area contributed by atoms with Gasteiger partial charge in [0, 0.05) is 12.1 Å². The summed E-state index contributed by atoms with van der Waals surface area (Å²) in [7, 11) is 2.22. The third kappa shape index (κ3) is 2.29. The molecule has 0 amide bonds. The number of rotatable bonds is 4. The zero-order valence-electron chi connectivity index (χ0n) is 10.1. The molecule has 0 heterocycles. The van der Waals surface area contributed by atoms with Gasteiger partial charge in [-0.25, -0.2) is 0 Å². The SMILES string of the molecule is CCC1CCC(CN)(N(C)CC)CC1. The van der Waals surface area contributed by atoms with Crippen molar-refractivity contribution in [2.75, 3.05) is 20.1 Å². The van der Waals surface area contributed by atoms with Crippen molar-refractivity contribution >= 4 is 0 Å². The van der Waals surface area contributed by atoms with Crippen LogP contribution in [-0.4, -0.2) is 30.6 Å². The lowest BCUT2D eigenvalue weighted by Gasteiger charge is -2.45. The highest BCUT2D eigenvalue weighted by molar-refractivity contribution is 4.94. The van der Waals surface area contributed by atoms with Crippen molar-refractivity contribution < 1.29 is 0 Å². The summed E-state index contributed by atoms with van der Waals surface area (Å²) in [6.07, 6.45) is 6.69. The summed E-state index contributed by atoms with van der Waals surface area (Å²) in [5.74, 6) is 0.958. The first kappa shape index (κ1) is 12.0. The van der Waals surface area contributed by atoms with E-state index in [4.69, 9.17) is 5.73 Å². The Hall–Kier alpha value is -0.0800. The Balaban J connectivity index is 2.56. The summed E-state index contributed by atoms with van der Waals surface area (Å²) in [5, 5.41) is 0. The fourth-order valence-electron chi connectivity index (χ4n) is 2.70. The second-order valence-electron chi connectivity index (χ2n) is 4.79. The summed E-state index contributed by atoms with van der Waals surface area (Å²) in [4.78, 5) is 2.46. The highest BCUT2D eigenvalue weighted by atomic mass is 15.2. The standard InChI is InChI=1S/C12H26N2/c1-4-11-6-8-12(10-13,9-7-11)14(3)5-2/h11H,4-10,13H2,1-3H3. The van der Waals surface area contributed by atoms with Crippen LogP contribution in [0.2, 0.25) is 0 Å². The van der Waals surface area contributed by atoms with Crippen molar-refractivity contribution in [3.8, 4) is 0 Å². The van der Waals surface area contributed by atoms with Crippen LogP contribution in [0.4, 0.5) is 0 Å². The largest absolute Gasteiger partial charge is 0.329 e. The van der Waals surface area contributed by atoms with Crippen LogP contribution in [0.25, 0.3) is 0 Å². The van der Waals surface area contributed by atoms with Crippen molar-refractivity contribution in [2.45, 2.75) is 51.5 Å². The lowest BCUT2D eigenvalue weighted by Crippen LogP contribution is -2.53. The van der Waals surface area contributed by atoms with Crippen molar-refractivity contribution in [3.63, 3.8) is 0 Å². The molecule has 0 aromatic heterocycles. The molecule has 14 heavy (non-hydrogen) atoms. The highest BCUT2D eigenvalue weighted by Crippen LogP contribution is 2.36. The maximum atomic E-state index is 5.96. The molecule has 0 atom stereocenters. The Morgan fingerprint density at radius 3 is 2.21 bits per heavy atom. The fourth-order valence-corrected chi connectivity index (χ4v) is 2.70. The van der Waals surface area contributed by atoms with Gasteiger partial charge in [0.15, 0.2) is 0 Å². The van der Waals surface area contributed by atoms with Crippen molar-refractivity contribution in [1.29, 1.82) is 0 Å². The van der Waals surface area contributed by atoms with E-state index in [1.54, 1.807) is 0 Å². The summed E-state index contributed by atoms with van der Waals surface area (Å²) in [6.45, 7) is 6.48. The van der Waals surface area contributed by atoms with Gasteiger partial charge in [0.1, 0.15) is 0 Å². The number of hydrogen-bond acceptors (Lipinski definition) is 2. The van der Waals surface area contributed by atoms with E-state index in [-0.39, 0.29) is 0 Å². The summed E-state index contributed by atoms with van der Waals surface area (Å²) in [6, 6.07) is 0. The second-order valence-corrected chi connectivity index (χ2v) is 4.79. The van der Waals surface area contributed by atoms with Gasteiger partial charge in [0.25, 0.3) is 0 Å². The molecule has 0 unspecified atom stereocenters. The molecule has 0 aromatic carbocycles. The van der Waals surface area contributed by atoms with Crippen LogP contribution in [0.15, 0.2) is 0 Å². The van der Waals surface area contributed by atoms with Gasteiger partial charge in [0.05, 0.1) is 0 Å². The van der Waals surface area contributed by atoms with E-state index in [0.29, 0.717) is 5.54 Å². The summed E-state index contributed by atoms with van der Waals surface area (Å²) >= 11 is 0. The third-order valence-electron chi connectivity index (χ3n) is 4.28. The number of nitrogens with two attached hydrogens (primary N) is 1. The average Bonchev–Trinajstić information content (AvgIpc) is 2.28. The molecule has 2 heteroatoms. The third-order valence-corrected chi connectivity index (χ3v) is 4.28. The maximum Gasteiger partial charge on any atom is 0.0328 e. The predicted octanol–water partition coefficient (Wildman–Crippen LogP) is 2.24. The lowest BCUT2D eigenvalue weighted by molar-refractivity contribution is 0.0686. The summed E-state index contributed by atoms with van der Waals surface area (Å²) < 4.78 is 0. The van der Waals surface area contributed by atoms with Crippen LogP contribution in [0.1, 0.15) is 46.0 Å². The van der Waals surface area contributed by atoms with Gasteiger partial charge in [-0.1, -0.05) is 20.3 Å². The van der Waals surface area contributed by atoms with E-state index in [1.165, 1.54) is 32.1 Å². The minimum absolute atomic E-state index is 0.320. The molecule has 1 rings (SSSR count). The van der Waals surface area contributed by atoms with Crippen molar-refractivity contribution in [3.05, 3.63) is 0 Å². The van der Waals surface area contributed by atoms with Crippen LogP contribution in [0.3, 0.4) is 0 Å². The highest BCUT2D eigenvalue weighted by Gasteiger charge is 2.36. The van der Waals surface area contributed by atoms with Crippen LogP contribution < -0.4 is 5.73 Å². The normalized spacial score (nSPS) is 33.6. The summed E-state index contributed by atoms with van der Waals surface area (Å²) in [5.41, 5.74) is 6.28. The van der Waals surface area contributed by atoms with Crippen molar-refractivity contribution in [2.24, 2.45) is 11.7 Å². The Bertz CT molecular complexity index is 160. The van der Waals surface area contributed by atoms with Gasteiger partial charge in [0.2, 0.25) is 0 Å². The minimum atomic E-state index is 0.320. The van der Waals surface area contributed by atoms with Gasteiger partial charge >= 0.3 is 0 Å². The second kappa shape index (κ2) is 5.13. The molecule has 0 spiro atoms. The van der Waals surface area contributed by atoms with E-state index < -0.39 is 0 Å². The van der Waals surface area contributed by atoms with E-state index in [1.807, 2.05) is 0 Å². The van der Waals surface area contributed by atoms with Crippen molar-refractivity contribution in [1.82, 2.24) is 4.90 Å². The molecule has 2 nitrogen and oxygen atoms in total. The number of hydrogen-bond donors (Lipinski definition) is 1. The Morgan fingerprint density at radius 2 is 1.86 bits per heavy atom. The zero-order valence-corrected chi connectivity index (χ0v) is 10.1. The molecular weight excluding hydrogens is 172 g/mol. The maximum absolute atomic E-state index is 5.96. The monoisotopic (exact) mass is 198 g/mol. The first-order chi connectivity index (χ1) is 6.68. The van der Waals surface area contributed by atoms with Gasteiger partial charge in [-0.05, 0) is 45.2 Å².